The van der Waals surface area contributed by atoms with Crippen LogP contribution in [0.3, 0.4) is 0 Å². The van der Waals surface area contributed by atoms with E-state index in [9.17, 15) is 14.4 Å². The third-order valence-electron chi connectivity index (χ3n) is 15.4. The van der Waals surface area contributed by atoms with Gasteiger partial charge in [-0.25, -0.2) is 0 Å². The first-order valence-corrected chi connectivity index (χ1v) is 34.9. The Morgan fingerprint density at radius 1 is 0.263 bits per heavy atom. The van der Waals surface area contributed by atoms with Crippen molar-refractivity contribution in [2.24, 2.45) is 0 Å². The van der Waals surface area contributed by atoms with Crippen LogP contribution in [0, 0.1) is 0 Å². The first kappa shape index (κ1) is 76.9. The van der Waals surface area contributed by atoms with Gasteiger partial charge in [0.05, 0.1) is 0 Å². The molecule has 1 atom stereocenters. The van der Waals surface area contributed by atoms with Gasteiger partial charge in [-0.3, -0.25) is 14.4 Å². The molecule has 0 aliphatic heterocycles. The zero-order chi connectivity index (χ0) is 57.8. The molecular weight excluding hydrogens is 985 g/mol. The molecule has 0 aliphatic rings. The summed E-state index contributed by atoms with van der Waals surface area (Å²) in [4.78, 5) is 38.5. The molecule has 0 bridgehead atoms. The van der Waals surface area contributed by atoms with E-state index in [2.05, 4.69) is 93.7 Å². The minimum atomic E-state index is -0.781. The number of hydrogen-bond donors (Lipinski definition) is 0. The zero-order valence-electron chi connectivity index (χ0n) is 53.3. The van der Waals surface area contributed by atoms with Gasteiger partial charge in [0.25, 0.3) is 0 Å². The minimum Gasteiger partial charge on any atom is -0.462 e. The highest BCUT2D eigenvalue weighted by Gasteiger charge is 2.19. The van der Waals surface area contributed by atoms with Crippen molar-refractivity contribution >= 4 is 17.9 Å². The molecule has 0 fully saturated rings. The summed E-state index contributed by atoms with van der Waals surface area (Å²) < 4.78 is 17.0. The predicted octanol–water partition coefficient (Wildman–Crippen LogP) is 24.1. The molecule has 0 saturated heterocycles. The van der Waals surface area contributed by atoms with E-state index < -0.39 is 6.10 Å². The van der Waals surface area contributed by atoms with Gasteiger partial charge in [-0.1, -0.05) is 325 Å². The van der Waals surface area contributed by atoms with Crippen LogP contribution in [0.25, 0.3) is 0 Å². The second-order valence-electron chi connectivity index (χ2n) is 23.4. The van der Waals surface area contributed by atoms with E-state index in [1.807, 2.05) is 0 Å². The van der Waals surface area contributed by atoms with Gasteiger partial charge >= 0.3 is 17.9 Å². The third kappa shape index (κ3) is 65.7. The monoisotopic (exact) mass is 1120 g/mol. The first-order chi connectivity index (χ1) is 39.5. The van der Waals surface area contributed by atoms with E-state index in [1.165, 1.54) is 225 Å². The number of carbonyl (C=O) groups is 3. The maximum atomic E-state index is 13.0. The number of rotatable bonds is 64. The number of carbonyl (C=O) groups excluding carboxylic acids is 3. The summed E-state index contributed by atoms with van der Waals surface area (Å²) in [7, 11) is 0. The fraction of sp³-hybridized carbons (Fsp3) is 0.797. The maximum absolute atomic E-state index is 13.0. The van der Waals surface area contributed by atoms with Crippen molar-refractivity contribution in [3.8, 4) is 0 Å². The molecule has 464 valence electrons. The highest BCUT2D eigenvalue weighted by Crippen LogP contribution is 2.18. The van der Waals surface area contributed by atoms with Crippen molar-refractivity contribution in [3.05, 3.63) is 72.9 Å². The average Bonchev–Trinajstić information content (AvgIpc) is 3.46. The smallest absolute Gasteiger partial charge is 0.306 e. The first-order valence-electron chi connectivity index (χ1n) is 34.9. The van der Waals surface area contributed by atoms with Gasteiger partial charge < -0.3 is 14.2 Å². The summed E-state index contributed by atoms with van der Waals surface area (Å²) in [6.07, 6.45) is 89.2. The molecule has 6 nitrogen and oxygen atoms in total. The Hall–Kier alpha value is -3.15. The summed E-state index contributed by atoms with van der Waals surface area (Å²) in [5.41, 5.74) is 0. The van der Waals surface area contributed by atoms with Crippen LogP contribution in [-0.4, -0.2) is 37.2 Å². The van der Waals surface area contributed by atoms with Crippen molar-refractivity contribution in [1.29, 1.82) is 0 Å². The molecule has 0 aromatic rings. The Balaban J connectivity index is 4.35. The molecule has 0 N–H and O–H groups in total. The zero-order valence-corrected chi connectivity index (χ0v) is 53.3. The van der Waals surface area contributed by atoms with Crippen LogP contribution in [0.5, 0.6) is 0 Å². The Morgan fingerprint density at radius 2 is 0.487 bits per heavy atom. The van der Waals surface area contributed by atoms with Gasteiger partial charge in [0, 0.05) is 19.3 Å². The molecule has 0 spiro atoms. The molecule has 80 heavy (non-hydrogen) atoms. The minimum absolute atomic E-state index is 0.0767. The van der Waals surface area contributed by atoms with Gasteiger partial charge in [0.2, 0.25) is 0 Å². The van der Waals surface area contributed by atoms with E-state index in [0.717, 1.165) is 96.3 Å². The molecule has 0 saturated carbocycles. The summed E-state index contributed by atoms with van der Waals surface area (Å²) in [5, 5.41) is 0. The van der Waals surface area contributed by atoms with Crippen molar-refractivity contribution in [1.82, 2.24) is 0 Å². The molecule has 0 aromatic carbocycles. The number of allylic oxidation sites excluding steroid dienone is 12. The van der Waals surface area contributed by atoms with E-state index in [-0.39, 0.29) is 31.1 Å². The lowest BCUT2D eigenvalue weighted by Gasteiger charge is -2.18. The quantitative estimate of drug-likeness (QED) is 0.0261. The van der Waals surface area contributed by atoms with Crippen LogP contribution < -0.4 is 0 Å². The largest absolute Gasteiger partial charge is 0.462 e. The fourth-order valence-electron chi connectivity index (χ4n) is 10.2. The Bertz CT molecular complexity index is 1470. The average molecular weight is 1120 g/mol. The molecule has 0 radical (unpaired) electrons. The Labute approximate surface area is 497 Å². The number of unbranched alkanes of at least 4 members (excludes halogenated alkanes) is 41. The SMILES string of the molecule is CC/C=C\C/C=C\C/C=C\C/C=C\CCCCCCCCCCCCC(=O)OCC(COC(=O)CCCCCCCCC/C=C\C/C=C\CCCCCC)OC(=O)CCCCCCCCCCCCCCCCCCCCCCC. The van der Waals surface area contributed by atoms with Crippen molar-refractivity contribution in [2.45, 2.75) is 367 Å². The van der Waals surface area contributed by atoms with Crippen LogP contribution in [0.1, 0.15) is 361 Å². The van der Waals surface area contributed by atoms with Crippen LogP contribution in [-0.2, 0) is 28.6 Å². The molecule has 0 aromatic heterocycles. The van der Waals surface area contributed by atoms with Crippen molar-refractivity contribution < 1.29 is 28.6 Å². The maximum Gasteiger partial charge on any atom is 0.306 e. The summed E-state index contributed by atoms with van der Waals surface area (Å²) >= 11 is 0. The molecule has 6 heteroatoms. The van der Waals surface area contributed by atoms with E-state index in [1.54, 1.807) is 0 Å². The Kier molecular flexibility index (Phi) is 65.7. The highest BCUT2D eigenvalue weighted by atomic mass is 16.6. The van der Waals surface area contributed by atoms with Gasteiger partial charge in [0.15, 0.2) is 6.10 Å². The summed E-state index contributed by atoms with van der Waals surface area (Å²) in [6.45, 7) is 6.56. The van der Waals surface area contributed by atoms with Crippen molar-refractivity contribution in [3.63, 3.8) is 0 Å². The molecule has 0 rings (SSSR count). The van der Waals surface area contributed by atoms with Crippen molar-refractivity contribution in [2.75, 3.05) is 13.2 Å². The lowest BCUT2D eigenvalue weighted by molar-refractivity contribution is -0.167. The second kappa shape index (κ2) is 68.3. The van der Waals surface area contributed by atoms with Crippen LogP contribution in [0.4, 0.5) is 0 Å². The molecular formula is C74H132O6. The van der Waals surface area contributed by atoms with Gasteiger partial charge in [-0.2, -0.15) is 0 Å². The van der Waals surface area contributed by atoms with E-state index >= 15 is 0 Å². The lowest BCUT2D eigenvalue weighted by atomic mass is 10.0. The van der Waals surface area contributed by atoms with Crippen LogP contribution in [0.2, 0.25) is 0 Å². The molecule has 0 aliphatic carbocycles. The topological polar surface area (TPSA) is 78.9 Å². The summed E-state index contributed by atoms with van der Waals surface area (Å²) in [6, 6.07) is 0. The van der Waals surface area contributed by atoms with Gasteiger partial charge in [0.1, 0.15) is 13.2 Å². The number of hydrogen-bond acceptors (Lipinski definition) is 6. The van der Waals surface area contributed by atoms with Gasteiger partial charge in [-0.05, 0) is 89.9 Å². The second-order valence-corrected chi connectivity index (χ2v) is 23.4. The number of esters is 3. The Morgan fingerprint density at radius 3 is 0.775 bits per heavy atom. The van der Waals surface area contributed by atoms with Crippen LogP contribution in [0.15, 0.2) is 72.9 Å². The molecule has 0 heterocycles. The third-order valence-corrected chi connectivity index (χ3v) is 15.4. The van der Waals surface area contributed by atoms with E-state index in [4.69, 9.17) is 14.2 Å². The predicted molar refractivity (Wildman–Crippen MR) is 348 cm³/mol. The molecule has 0 amide bonds. The standard InChI is InChI=1S/C74H132O6/c1-4-7-10-13-16-19-22-25-28-31-34-36-37-39-40-43-46-49-52-55-58-61-64-67-73(76)79-70-71(69-78-72(75)66-63-60-57-54-51-48-45-42-33-30-27-24-21-18-15-12-9-6-3)80-74(77)68-65-62-59-56-53-50-47-44-41-38-35-32-29-26-23-20-17-14-11-8-5-2/h7,10,16,19,21,24-25,28,30,33-34,36,71H,4-6,8-9,11-15,17-18,20,22-23,26-27,29,31-32,35,37-70H2,1-3H3/b10-7-,19-16-,24-21-,28-25-,33-30-,36-34-. The van der Waals surface area contributed by atoms with Crippen LogP contribution >= 0.6 is 0 Å². The van der Waals surface area contributed by atoms with Gasteiger partial charge in [-0.15, -0.1) is 0 Å². The normalized spacial score (nSPS) is 12.5. The number of ether oxygens (including phenoxy) is 3. The fourth-order valence-corrected chi connectivity index (χ4v) is 10.2. The highest BCUT2D eigenvalue weighted by molar-refractivity contribution is 5.71. The summed E-state index contributed by atoms with van der Waals surface area (Å²) in [5.74, 6) is -0.865. The molecule has 1 unspecified atom stereocenters. The lowest BCUT2D eigenvalue weighted by Crippen LogP contribution is -2.30. The van der Waals surface area contributed by atoms with E-state index in [0.29, 0.717) is 19.3 Å².